The van der Waals surface area contributed by atoms with Crippen LogP contribution in [0.2, 0.25) is 0 Å². The lowest BCUT2D eigenvalue weighted by molar-refractivity contribution is -0.148. The van der Waals surface area contributed by atoms with Gasteiger partial charge in [-0.1, -0.05) is 6.07 Å². The number of esters is 1. The molecular formula is C24H26F2N2O7S. The molecule has 1 N–H and O–H groups in total. The number of nitrogens with zero attached hydrogens (tertiary/aromatic N) is 1. The molecular weight excluding hydrogens is 498 g/mol. The van der Waals surface area contributed by atoms with Gasteiger partial charge in [-0.3, -0.25) is 4.79 Å². The van der Waals surface area contributed by atoms with E-state index in [1.54, 1.807) is 0 Å². The van der Waals surface area contributed by atoms with Gasteiger partial charge in [-0.25, -0.2) is 13.2 Å². The maximum Gasteiger partial charge on any atom is 0.387 e. The van der Waals surface area contributed by atoms with E-state index in [0.717, 1.165) is 18.9 Å². The number of alkyl halides is 2. The average Bonchev–Trinajstić information content (AvgIpc) is 3.39. The van der Waals surface area contributed by atoms with Gasteiger partial charge in [-0.05, 0) is 67.8 Å². The number of sulfonamides is 1. The summed E-state index contributed by atoms with van der Waals surface area (Å²) in [5, 5.41) is 2.57. The third-order valence-electron chi connectivity index (χ3n) is 5.30. The molecule has 0 aliphatic carbocycles. The fourth-order valence-corrected chi connectivity index (χ4v) is 4.96. The molecule has 1 heterocycles. The molecule has 0 bridgehead atoms. The van der Waals surface area contributed by atoms with E-state index in [0.29, 0.717) is 24.3 Å². The summed E-state index contributed by atoms with van der Waals surface area (Å²) in [5.41, 5.74) is 0.795. The van der Waals surface area contributed by atoms with E-state index in [1.807, 2.05) is 0 Å². The molecule has 1 atom stereocenters. The third-order valence-corrected chi connectivity index (χ3v) is 7.22. The van der Waals surface area contributed by atoms with Gasteiger partial charge in [0, 0.05) is 24.9 Å². The van der Waals surface area contributed by atoms with Crippen LogP contribution < -0.4 is 14.8 Å². The third kappa shape index (κ3) is 7.01. The minimum Gasteiger partial charge on any atom is -0.493 e. The molecule has 194 valence electrons. The molecule has 9 nitrogen and oxygen atoms in total. The van der Waals surface area contributed by atoms with Gasteiger partial charge in [-0.2, -0.15) is 13.1 Å². The summed E-state index contributed by atoms with van der Waals surface area (Å²) in [6, 6.07) is 9.85. The number of halogens is 2. The number of ether oxygens (including phenoxy) is 3. The van der Waals surface area contributed by atoms with Crippen LogP contribution in [-0.2, 0) is 24.3 Å². The Labute approximate surface area is 207 Å². The van der Waals surface area contributed by atoms with Gasteiger partial charge >= 0.3 is 12.6 Å². The van der Waals surface area contributed by atoms with E-state index < -0.39 is 34.6 Å². The lowest BCUT2D eigenvalue weighted by Gasteiger charge is -2.16. The number of nitrogens with one attached hydrogen (secondary N) is 1. The molecule has 0 aromatic heterocycles. The number of carbonyl (C=O) groups is 2. The first-order valence-corrected chi connectivity index (χ1v) is 12.5. The van der Waals surface area contributed by atoms with E-state index in [-0.39, 0.29) is 16.4 Å². The highest BCUT2D eigenvalue weighted by Gasteiger charge is 2.27. The zero-order valence-corrected chi connectivity index (χ0v) is 20.5. The molecule has 2 aromatic carbocycles. The van der Waals surface area contributed by atoms with Gasteiger partial charge in [0.05, 0.1) is 12.0 Å². The number of hydrogen-bond donors (Lipinski definition) is 1. The molecule has 1 aliphatic rings. The van der Waals surface area contributed by atoms with Gasteiger partial charge in [0.15, 0.2) is 17.6 Å². The van der Waals surface area contributed by atoms with Crippen molar-refractivity contribution < 1.29 is 41.0 Å². The Kier molecular flexibility index (Phi) is 8.99. The maximum absolute atomic E-state index is 12.6. The summed E-state index contributed by atoms with van der Waals surface area (Å²) in [4.78, 5) is 24.6. The van der Waals surface area contributed by atoms with Crippen LogP contribution >= 0.6 is 0 Å². The zero-order valence-electron chi connectivity index (χ0n) is 19.6. The normalized spacial score (nSPS) is 15.1. The molecule has 1 aliphatic heterocycles. The van der Waals surface area contributed by atoms with Gasteiger partial charge in [0.1, 0.15) is 0 Å². The summed E-state index contributed by atoms with van der Waals surface area (Å²) in [6.45, 7) is -0.648. The quantitative estimate of drug-likeness (QED) is 0.373. The standard InChI is InChI=1S/C24H26F2N2O7S/c1-16(34-22(29)12-6-17-5-11-20(35-24(25)26)21(15-17)33-2)23(30)27-18-7-9-19(10-8-18)36(31,32)28-13-3-4-14-28/h5-12,15-16,24H,3-4,13-14H2,1-2H3,(H,27,30)/b12-6+/t16-/m1/s1. The van der Waals surface area contributed by atoms with Crippen molar-refractivity contribution in [1.29, 1.82) is 0 Å². The van der Waals surface area contributed by atoms with Crippen molar-refractivity contribution in [1.82, 2.24) is 4.31 Å². The second-order valence-electron chi connectivity index (χ2n) is 7.83. The monoisotopic (exact) mass is 524 g/mol. The Morgan fingerprint density at radius 1 is 1.06 bits per heavy atom. The first-order valence-electron chi connectivity index (χ1n) is 11.0. The highest BCUT2D eigenvalue weighted by molar-refractivity contribution is 7.89. The van der Waals surface area contributed by atoms with E-state index in [2.05, 4.69) is 10.1 Å². The Hall–Kier alpha value is -3.51. The van der Waals surface area contributed by atoms with E-state index in [4.69, 9.17) is 9.47 Å². The van der Waals surface area contributed by atoms with Crippen LogP contribution in [0.25, 0.3) is 6.08 Å². The van der Waals surface area contributed by atoms with Gasteiger partial charge < -0.3 is 19.5 Å². The fourth-order valence-electron chi connectivity index (χ4n) is 3.44. The minimum atomic E-state index is -3.56. The summed E-state index contributed by atoms with van der Waals surface area (Å²) in [6.07, 6.45) is 2.95. The first kappa shape index (κ1) is 27.1. The number of hydrogen-bond acceptors (Lipinski definition) is 7. The van der Waals surface area contributed by atoms with Gasteiger partial charge in [0.2, 0.25) is 10.0 Å². The Balaban J connectivity index is 1.55. The SMILES string of the molecule is COc1cc(/C=C/C(=O)O[C@H](C)C(=O)Nc2ccc(S(=O)(=O)N3CCCC3)cc2)ccc1OC(F)F. The molecule has 0 spiro atoms. The molecule has 2 aromatic rings. The lowest BCUT2D eigenvalue weighted by atomic mass is 10.2. The predicted octanol–water partition coefficient (Wildman–Crippen LogP) is 3.66. The summed E-state index contributed by atoms with van der Waals surface area (Å²) >= 11 is 0. The van der Waals surface area contributed by atoms with Crippen LogP contribution in [0.1, 0.15) is 25.3 Å². The summed E-state index contributed by atoms with van der Waals surface area (Å²) in [7, 11) is -2.27. The summed E-state index contributed by atoms with van der Waals surface area (Å²) in [5.74, 6) is -1.52. The van der Waals surface area contributed by atoms with E-state index in [9.17, 15) is 26.8 Å². The highest BCUT2D eigenvalue weighted by Crippen LogP contribution is 2.30. The molecule has 0 unspecified atom stereocenters. The van der Waals surface area contributed by atoms with Crippen molar-refractivity contribution in [3.8, 4) is 11.5 Å². The van der Waals surface area contributed by atoms with Crippen LogP contribution in [0.15, 0.2) is 53.4 Å². The van der Waals surface area contributed by atoms with Crippen LogP contribution in [0.5, 0.6) is 11.5 Å². The Morgan fingerprint density at radius 2 is 1.72 bits per heavy atom. The highest BCUT2D eigenvalue weighted by atomic mass is 32.2. The molecule has 1 amide bonds. The molecule has 36 heavy (non-hydrogen) atoms. The van der Waals surface area contributed by atoms with Crippen molar-refractivity contribution in [3.63, 3.8) is 0 Å². The van der Waals surface area contributed by atoms with Crippen LogP contribution in [0.3, 0.4) is 0 Å². The van der Waals surface area contributed by atoms with Gasteiger partial charge in [-0.15, -0.1) is 0 Å². The summed E-state index contributed by atoms with van der Waals surface area (Å²) < 4.78 is 65.9. The molecule has 1 saturated heterocycles. The average molecular weight is 525 g/mol. The number of carbonyl (C=O) groups excluding carboxylic acids is 2. The Bertz CT molecular complexity index is 1210. The van der Waals surface area contributed by atoms with Crippen LogP contribution in [0, 0.1) is 0 Å². The number of methoxy groups -OCH3 is 1. The number of rotatable bonds is 10. The van der Waals surface area contributed by atoms with E-state index in [1.165, 1.54) is 66.9 Å². The molecule has 1 fully saturated rings. The van der Waals surface area contributed by atoms with Crippen molar-refractivity contribution in [2.45, 2.75) is 37.4 Å². The number of benzene rings is 2. The van der Waals surface area contributed by atoms with Gasteiger partial charge in [0.25, 0.3) is 5.91 Å². The van der Waals surface area contributed by atoms with E-state index >= 15 is 0 Å². The molecule has 12 heteroatoms. The lowest BCUT2D eigenvalue weighted by Crippen LogP contribution is -2.29. The molecule has 0 radical (unpaired) electrons. The Morgan fingerprint density at radius 3 is 2.33 bits per heavy atom. The largest absolute Gasteiger partial charge is 0.493 e. The second-order valence-corrected chi connectivity index (χ2v) is 9.76. The maximum atomic E-state index is 12.6. The van der Waals surface area contributed by atoms with Crippen molar-refractivity contribution >= 4 is 33.7 Å². The first-order chi connectivity index (χ1) is 17.1. The fraction of sp³-hybridized carbons (Fsp3) is 0.333. The topological polar surface area (TPSA) is 111 Å². The van der Waals surface area contributed by atoms with Crippen LogP contribution in [0.4, 0.5) is 14.5 Å². The van der Waals surface area contributed by atoms with Crippen molar-refractivity contribution in [2.24, 2.45) is 0 Å². The second kappa shape index (κ2) is 12.0. The molecule has 0 saturated carbocycles. The predicted molar refractivity (Wildman–Crippen MR) is 127 cm³/mol. The number of anilines is 1. The van der Waals surface area contributed by atoms with Crippen molar-refractivity contribution in [3.05, 3.63) is 54.1 Å². The zero-order chi connectivity index (χ0) is 26.3. The number of amides is 1. The van der Waals surface area contributed by atoms with Crippen molar-refractivity contribution in [2.75, 3.05) is 25.5 Å². The minimum absolute atomic E-state index is 0.0535. The molecule has 3 rings (SSSR count). The smallest absolute Gasteiger partial charge is 0.387 e. The van der Waals surface area contributed by atoms with Crippen LogP contribution in [-0.4, -0.2) is 57.5 Å².